The predicted octanol–water partition coefficient (Wildman–Crippen LogP) is 2.52. The molecule has 1 rings (SSSR count). The van der Waals surface area contributed by atoms with E-state index in [2.05, 4.69) is 0 Å². The molecular weight excluding hydrogens is 204 g/mol. The van der Waals surface area contributed by atoms with Crippen molar-refractivity contribution in [2.45, 2.75) is 59.0 Å². The first-order valence-electron chi connectivity index (χ1n) is 6.31. The zero-order valence-electron chi connectivity index (χ0n) is 10.7. The molecule has 1 fully saturated rings. The lowest BCUT2D eigenvalue weighted by atomic mass is 9.87. The van der Waals surface area contributed by atoms with E-state index in [1.807, 2.05) is 20.8 Å². The van der Waals surface area contributed by atoms with Gasteiger partial charge in [-0.25, -0.2) is 0 Å². The Morgan fingerprint density at radius 1 is 1.44 bits per heavy atom. The fourth-order valence-electron chi connectivity index (χ4n) is 1.95. The number of carbonyl (C=O) groups is 1. The van der Waals surface area contributed by atoms with Crippen LogP contribution in [0.4, 0.5) is 0 Å². The van der Waals surface area contributed by atoms with E-state index in [1.165, 1.54) is 0 Å². The summed E-state index contributed by atoms with van der Waals surface area (Å²) in [6, 6.07) is 0. The monoisotopic (exact) mass is 228 g/mol. The lowest BCUT2D eigenvalue weighted by Gasteiger charge is -2.27. The molecule has 1 N–H and O–H groups in total. The Morgan fingerprint density at radius 3 is 2.69 bits per heavy atom. The second-order valence-corrected chi connectivity index (χ2v) is 5.52. The maximum atomic E-state index is 11.7. The topological polar surface area (TPSA) is 46.5 Å². The summed E-state index contributed by atoms with van der Waals surface area (Å²) in [6.45, 7) is 6.28. The molecule has 94 valence electrons. The second-order valence-electron chi connectivity index (χ2n) is 5.52. The summed E-state index contributed by atoms with van der Waals surface area (Å²) in [4.78, 5) is 11.7. The van der Waals surface area contributed by atoms with E-state index in [9.17, 15) is 9.90 Å². The van der Waals surface area contributed by atoms with Crippen LogP contribution in [0.25, 0.3) is 0 Å². The smallest absolute Gasteiger partial charge is 0.311 e. The molecule has 0 aromatic heterocycles. The van der Waals surface area contributed by atoms with Gasteiger partial charge >= 0.3 is 5.97 Å². The Kier molecular flexibility index (Phi) is 4.78. The van der Waals surface area contributed by atoms with Crippen molar-refractivity contribution in [1.29, 1.82) is 0 Å². The number of aliphatic hydroxyl groups excluding tert-OH is 1. The van der Waals surface area contributed by atoms with Crippen LogP contribution in [0.15, 0.2) is 0 Å². The van der Waals surface area contributed by atoms with Gasteiger partial charge in [-0.2, -0.15) is 0 Å². The van der Waals surface area contributed by atoms with Gasteiger partial charge in [-0.1, -0.05) is 13.3 Å². The Labute approximate surface area is 98.2 Å². The minimum atomic E-state index is -0.382. The standard InChI is InChI=1S/C13H24O3/c1-4-13(2,3)12(15)16-9-10-6-5-7-11(14)8-10/h10-11,14H,4-9H2,1-3H3. The third kappa shape index (κ3) is 3.78. The minimum Gasteiger partial charge on any atom is -0.465 e. The van der Waals surface area contributed by atoms with Crippen molar-refractivity contribution >= 4 is 5.97 Å². The van der Waals surface area contributed by atoms with E-state index in [1.54, 1.807) is 0 Å². The van der Waals surface area contributed by atoms with Crippen LogP contribution in [0.5, 0.6) is 0 Å². The summed E-state index contributed by atoms with van der Waals surface area (Å²) in [5.74, 6) is 0.232. The average molecular weight is 228 g/mol. The predicted molar refractivity (Wildman–Crippen MR) is 63.0 cm³/mol. The molecule has 2 atom stereocenters. The molecule has 16 heavy (non-hydrogen) atoms. The molecular formula is C13H24O3. The van der Waals surface area contributed by atoms with Crippen LogP contribution in [0.1, 0.15) is 52.9 Å². The summed E-state index contributed by atoms with van der Waals surface area (Å²) in [7, 11) is 0. The van der Waals surface area contributed by atoms with Gasteiger partial charge in [0, 0.05) is 0 Å². The number of aliphatic hydroxyl groups is 1. The molecule has 2 unspecified atom stereocenters. The highest BCUT2D eigenvalue weighted by molar-refractivity contribution is 5.75. The van der Waals surface area contributed by atoms with Crippen molar-refractivity contribution in [2.75, 3.05) is 6.61 Å². The maximum absolute atomic E-state index is 11.7. The lowest BCUT2D eigenvalue weighted by molar-refractivity contribution is -0.156. The molecule has 1 saturated carbocycles. The molecule has 0 radical (unpaired) electrons. The third-order valence-corrected chi connectivity index (χ3v) is 3.64. The molecule has 0 amide bonds. The Bertz CT molecular complexity index is 235. The molecule has 0 aliphatic heterocycles. The fraction of sp³-hybridized carbons (Fsp3) is 0.923. The van der Waals surface area contributed by atoms with E-state index in [4.69, 9.17) is 4.74 Å². The zero-order chi connectivity index (χ0) is 12.2. The van der Waals surface area contributed by atoms with Crippen LogP contribution in [0.3, 0.4) is 0 Å². The first kappa shape index (κ1) is 13.5. The van der Waals surface area contributed by atoms with Crippen LogP contribution >= 0.6 is 0 Å². The van der Waals surface area contributed by atoms with Crippen molar-refractivity contribution in [2.24, 2.45) is 11.3 Å². The molecule has 0 heterocycles. The Hall–Kier alpha value is -0.570. The number of hydrogen-bond acceptors (Lipinski definition) is 3. The van der Waals surface area contributed by atoms with Gasteiger partial charge < -0.3 is 9.84 Å². The van der Waals surface area contributed by atoms with E-state index in [0.717, 1.165) is 32.1 Å². The van der Waals surface area contributed by atoms with Gasteiger partial charge in [0.25, 0.3) is 0 Å². The largest absolute Gasteiger partial charge is 0.465 e. The van der Waals surface area contributed by atoms with Gasteiger partial charge in [0.15, 0.2) is 0 Å². The normalized spacial score (nSPS) is 26.5. The first-order chi connectivity index (χ1) is 7.45. The van der Waals surface area contributed by atoms with Gasteiger partial charge in [0.05, 0.1) is 18.1 Å². The molecule has 3 nitrogen and oxygen atoms in total. The van der Waals surface area contributed by atoms with Gasteiger partial charge in [0.2, 0.25) is 0 Å². The highest BCUT2D eigenvalue weighted by Gasteiger charge is 2.28. The van der Waals surface area contributed by atoms with Crippen molar-refractivity contribution in [3.05, 3.63) is 0 Å². The second kappa shape index (κ2) is 5.67. The zero-order valence-corrected chi connectivity index (χ0v) is 10.7. The number of ether oxygens (including phenoxy) is 1. The number of hydrogen-bond donors (Lipinski definition) is 1. The van der Waals surface area contributed by atoms with Crippen molar-refractivity contribution < 1.29 is 14.6 Å². The van der Waals surface area contributed by atoms with Crippen LogP contribution in [-0.2, 0) is 9.53 Å². The van der Waals surface area contributed by atoms with Gasteiger partial charge in [-0.05, 0) is 45.4 Å². The highest BCUT2D eigenvalue weighted by atomic mass is 16.5. The number of esters is 1. The van der Waals surface area contributed by atoms with Crippen LogP contribution < -0.4 is 0 Å². The van der Waals surface area contributed by atoms with Gasteiger partial charge in [0.1, 0.15) is 0 Å². The van der Waals surface area contributed by atoms with Gasteiger partial charge in [-0.15, -0.1) is 0 Å². The van der Waals surface area contributed by atoms with Crippen LogP contribution in [0, 0.1) is 11.3 Å². The van der Waals surface area contributed by atoms with Crippen molar-refractivity contribution in [3.8, 4) is 0 Å². The minimum absolute atomic E-state index is 0.116. The molecule has 1 aliphatic rings. The third-order valence-electron chi connectivity index (χ3n) is 3.64. The summed E-state index contributed by atoms with van der Waals surface area (Å²) in [5.41, 5.74) is -0.382. The highest BCUT2D eigenvalue weighted by Crippen LogP contribution is 2.26. The molecule has 0 aromatic rings. The maximum Gasteiger partial charge on any atom is 0.311 e. The summed E-state index contributed by atoms with van der Waals surface area (Å²) >= 11 is 0. The number of rotatable bonds is 4. The van der Waals surface area contributed by atoms with E-state index in [-0.39, 0.29) is 17.5 Å². The summed E-state index contributed by atoms with van der Waals surface area (Å²) in [6.07, 6.45) is 4.37. The van der Waals surface area contributed by atoms with Crippen LogP contribution in [0.2, 0.25) is 0 Å². The first-order valence-corrected chi connectivity index (χ1v) is 6.31. The van der Waals surface area contributed by atoms with Crippen LogP contribution in [-0.4, -0.2) is 23.8 Å². The summed E-state index contributed by atoms with van der Waals surface area (Å²) in [5, 5.41) is 9.51. The molecule has 0 bridgehead atoms. The lowest BCUT2D eigenvalue weighted by Crippen LogP contribution is -2.30. The van der Waals surface area contributed by atoms with Crippen molar-refractivity contribution in [1.82, 2.24) is 0 Å². The molecule has 3 heteroatoms. The van der Waals surface area contributed by atoms with E-state index in [0.29, 0.717) is 12.5 Å². The quantitative estimate of drug-likeness (QED) is 0.752. The Balaban J connectivity index is 2.31. The Morgan fingerprint density at radius 2 is 2.12 bits per heavy atom. The SMILES string of the molecule is CCC(C)(C)C(=O)OCC1CCCC(O)C1. The fourth-order valence-corrected chi connectivity index (χ4v) is 1.95. The molecule has 0 aromatic carbocycles. The average Bonchev–Trinajstić information content (AvgIpc) is 2.26. The molecule has 0 spiro atoms. The van der Waals surface area contributed by atoms with E-state index >= 15 is 0 Å². The molecule has 0 saturated heterocycles. The molecule has 1 aliphatic carbocycles. The number of carbonyl (C=O) groups excluding carboxylic acids is 1. The van der Waals surface area contributed by atoms with E-state index < -0.39 is 0 Å². The van der Waals surface area contributed by atoms with Gasteiger partial charge in [-0.3, -0.25) is 4.79 Å². The summed E-state index contributed by atoms with van der Waals surface area (Å²) < 4.78 is 5.34. The van der Waals surface area contributed by atoms with Crippen molar-refractivity contribution in [3.63, 3.8) is 0 Å².